The number of rotatable bonds is 3. The zero-order valence-corrected chi connectivity index (χ0v) is 10.1. The van der Waals surface area contributed by atoms with Gasteiger partial charge in [0.2, 0.25) is 0 Å². The van der Waals surface area contributed by atoms with Gasteiger partial charge in [0, 0.05) is 12.6 Å². The molecule has 0 saturated heterocycles. The van der Waals surface area contributed by atoms with Gasteiger partial charge in [-0.2, -0.15) is 0 Å². The summed E-state index contributed by atoms with van der Waals surface area (Å²) in [6, 6.07) is 8.16. The summed E-state index contributed by atoms with van der Waals surface area (Å²) in [4.78, 5) is 8.51. The monoisotopic (exact) mass is 242 g/mol. The molecule has 0 radical (unpaired) electrons. The molecule has 0 fully saturated rings. The van der Waals surface area contributed by atoms with Gasteiger partial charge in [0.25, 0.3) is 0 Å². The Morgan fingerprint density at radius 1 is 1.22 bits per heavy atom. The molecule has 1 aromatic heterocycles. The summed E-state index contributed by atoms with van der Waals surface area (Å²) in [6.07, 6.45) is 3.39. The molecule has 1 atom stereocenters. The zero-order chi connectivity index (χ0) is 12.4. The van der Waals surface area contributed by atoms with Gasteiger partial charge in [-0.15, -0.1) is 0 Å². The molecule has 0 saturated carbocycles. The first-order valence-electron chi connectivity index (χ1n) is 5.85. The van der Waals surface area contributed by atoms with Crippen LogP contribution in [0.4, 0.5) is 11.6 Å². The molecule has 0 spiro atoms. The third kappa shape index (κ3) is 1.95. The number of aromatic nitrogens is 2. The Bertz CT molecular complexity index is 558. The predicted octanol–water partition coefficient (Wildman–Crippen LogP) is 2.06. The molecular formula is C13H14N4O. The smallest absolute Gasteiger partial charge is 0.147 e. The summed E-state index contributed by atoms with van der Waals surface area (Å²) in [7, 11) is 1.82. The maximum atomic E-state index is 5.61. The van der Waals surface area contributed by atoms with Gasteiger partial charge in [0.1, 0.15) is 24.0 Å². The van der Waals surface area contributed by atoms with E-state index in [0.29, 0.717) is 6.61 Å². The number of anilines is 2. The predicted molar refractivity (Wildman–Crippen MR) is 69.9 cm³/mol. The Hall–Kier alpha value is -2.30. The van der Waals surface area contributed by atoms with Crippen molar-refractivity contribution in [3.8, 4) is 5.75 Å². The lowest BCUT2D eigenvalue weighted by molar-refractivity contribution is 0.339. The zero-order valence-electron chi connectivity index (χ0n) is 10.1. The highest BCUT2D eigenvalue weighted by atomic mass is 16.5. The summed E-state index contributed by atoms with van der Waals surface area (Å²) < 4.78 is 5.61. The maximum Gasteiger partial charge on any atom is 0.147 e. The highest BCUT2D eigenvalue weighted by Gasteiger charge is 2.23. The molecule has 2 heterocycles. The van der Waals surface area contributed by atoms with Crippen LogP contribution in [-0.2, 0) is 0 Å². The van der Waals surface area contributed by atoms with Crippen LogP contribution in [0.25, 0.3) is 0 Å². The summed E-state index contributed by atoms with van der Waals surface area (Å²) >= 11 is 0. The fraction of sp³-hybridized carbons (Fsp3) is 0.231. The minimum absolute atomic E-state index is 0.127. The first-order valence-corrected chi connectivity index (χ1v) is 5.85. The minimum atomic E-state index is 0.127. The lowest BCUT2D eigenvalue weighted by Gasteiger charge is -2.12. The van der Waals surface area contributed by atoms with Crippen LogP contribution in [0.2, 0.25) is 0 Å². The van der Waals surface area contributed by atoms with Crippen molar-refractivity contribution in [1.82, 2.24) is 9.97 Å². The van der Waals surface area contributed by atoms with E-state index in [1.54, 1.807) is 12.4 Å². The van der Waals surface area contributed by atoms with Gasteiger partial charge in [-0.1, -0.05) is 18.2 Å². The van der Waals surface area contributed by atoms with E-state index in [2.05, 4.69) is 26.7 Å². The molecule has 3 rings (SSSR count). The summed E-state index contributed by atoms with van der Waals surface area (Å²) in [5.74, 6) is 2.42. The lowest BCUT2D eigenvalue weighted by Crippen LogP contribution is -2.13. The fourth-order valence-electron chi connectivity index (χ4n) is 2.02. The van der Waals surface area contributed by atoms with Gasteiger partial charge >= 0.3 is 0 Å². The number of benzene rings is 1. The van der Waals surface area contributed by atoms with Crippen molar-refractivity contribution in [2.75, 3.05) is 24.3 Å². The molecule has 2 N–H and O–H groups in total. The Labute approximate surface area is 105 Å². The van der Waals surface area contributed by atoms with Crippen LogP contribution in [0.15, 0.2) is 36.7 Å². The van der Waals surface area contributed by atoms with Gasteiger partial charge < -0.3 is 15.4 Å². The van der Waals surface area contributed by atoms with Gasteiger partial charge in [0.15, 0.2) is 0 Å². The second-order valence-corrected chi connectivity index (χ2v) is 4.09. The highest BCUT2D eigenvalue weighted by Crippen LogP contribution is 2.33. The molecule has 2 aromatic rings. The van der Waals surface area contributed by atoms with E-state index in [1.165, 1.54) is 0 Å². The van der Waals surface area contributed by atoms with E-state index < -0.39 is 0 Å². The van der Waals surface area contributed by atoms with Crippen molar-refractivity contribution in [3.05, 3.63) is 42.2 Å². The van der Waals surface area contributed by atoms with Crippen molar-refractivity contribution in [2.45, 2.75) is 6.04 Å². The molecule has 5 heteroatoms. The SMILES string of the molecule is CNc1cncc(NC2COc3ccccc32)n1. The Morgan fingerprint density at radius 2 is 2.06 bits per heavy atom. The highest BCUT2D eigenvalue weighted by molar-refractivity contribution is 5.47. The topological polar surface area (TPSA) is 59.1 Å². The molecule has 1 unspecified atom stereocenters. The normalized spacial score (nSPS) is 16.8. The van der Waals surface area contributed by atoms with E-state index in [-0.39, 0.29) is 6.04 Å². The Balaban J connectivity index is 1.82. The van der Waals surface area contributed by atoms with Crippen LogP contribution in [0, 0.1) is 0 Å². The van der Waals surface area contributed by atoms with E-state index in [0.717, 1.165) is 22.9 Å². The first kappa shape index (κ1) is 10.8. The number of ether oxygens (including phenoxy) is 1. The van der Waals surface area contributed by atoms with Gasteiger partial charge in [-0.05, 0) is 6.07 Å². The van der Waals surface area contributed by atoms with Gasteiger partial charge in [-0.25, -0.2) is 4.98 Å². The van der Waals surface area contributed by atoms with Crippen molar-refractivity contribution < 1.29 is 4.74 Å². The number of hydrogen-bond acceptors (Lipinski definition) is 5. The van der Waals surface area contributed by atoms with Crippen molar-refractivity contribution in [3.63, 3.8) is 0 Å². The fourth-order valence-corrected chi connectivity index (χ4v) is 2.02. The third-order valence-corrected chi connectivity index (χ3v) is 2.91. The second-order valence-electron chi connectivity index (χ2n) is 4.09. The number of nitrogens with zero attached hydrogens (tertiary/aromatic N) is 2. The number of fused-ring (bicyclic) bond motifs is 1. The average molecular weight is 242 g/mol. The van der Waals surface area contributed by atoms with E-state index >= 15 is 0 Å². The average Bonchev–Trinajstić information content (AvgIpc) is 2.83. The van der Waals surface area contributed by atoms with Crippen LogP contribution in [0.3, 0.4) is 0 Å². The Kier molecular flexibility index (Phi) is 2.72. The largest absolute Gasteiger partial charge is 0.491 e. The summed E-state index contributed by atoms with van der Waals surface area (Å²) in [6.45, 7) is 0.616. The van der Waals surface area contributed by atoms with E-state index in [9.17, 15) is 0 Å². The molecule has 0 amide bonds. The minimum Gasteiger partial charge on any atom is -0.491 e. The molecule has 5 nitrogen and oxygen atoms in total. The lowest BCUT2D eigenvalue weighted by atomic mass is 10.1. The summed E-state index contributed by atoms with van der Waals surface area (Å²) in [5.41, 5.74) is 1.16. The van der Waals surface area contributed by atoms with Crippen molar-refractivity contribution in [2.24, 2.45) is 0 Å². The first-order chi connectivity index (χ1) is 8.86. The third-order valence-electron chi connectivity index (χ3n) is 2.91. The van der Waals surface area contributed by atoms with E-state index in [1.807, 2.05) is 25.2 Å². The quantitative estimate of drug-likeness (QED) is 0.862. The number of nitrogens with one attached hydrogen (secondary N) is 2. The van der Waals surface area contributed by atoms with Gasteiger partial charge in [-0.3, -0.25) is 4.98 Å². The van der Waals surface area contributed by atoms with Crippen LogP contribution in [0.1, 0.15) is 11.6 Å². The van der Waals surface area contributed by atoms with Crippen LogP contribution in [0.5, 0.6) is 5.75 Å². The number of hydrogen-bond donors (Lipinski definition) is 2. The van der Waals surface area contributed by atoms with Crippen molar-refractivity contribution in [1.29, 1.82) is 0 Å². The van der Waals surface area contributed by atoms with Crippen molar-refractivity contribution >= 4 is 11.6 Å². The molecule has 1 aromatic carbocycles. The van der Waals surface area contributed by atoms with Crippen LogP contribution < -0.4 is 15.4 Å². The molecule has 0 aliphatic carbocycles. The van der Waals surface area contributed by atoms with Crippen LogP contribution >= 0.6 is 0 Å². The molecule has 1 aliphatic rings. The molecule has 0 bridgehead atoms. The maximum absolute atomic E-state index is 5.61. The van der Waals surface area contributed by atoms with Crippen LogP contribution in [-0.4, -0.2) is 23.6 Å². The Morgan fingerprint density at radius 3 is 2.94 bits per heavy atom. The number of para-hydroxylation sites is 1. The second kappa shape index (κ2) is 4.52. The summed E-state index contributed by atoms with van der Waals surface area (Å²) in [5, 5.41) is 6.30. The molecule has 18 heavy (non-hydrogen) atoms. The van der Waals surface area contributed by atoms with E-state index in [4.69, 9.17) is 4.74 Å². The van der Waals surface area contributed by atoms with Gasteiger partial charge in [0.05, 0.1) is 18.4 Å². The standard InChI is InChI=1S/C13H14N4O/c1-14-12-6-15-7-13(17-12)16-10-8-18-11-5-3-2-4-9(10)11/h2-7,10H,8H2,1H3,(H2,14,16,17). The molecule has 92 valence electrons. The molecule has 1 aliphatic heterocycles. The molecular weight excluding hydrogens is 228 g/mol.